The number of benzene rings is 2. The molecule has 4 heteroatoms. The van der Waals surface area contributed by atoms with Gasteiger partial charge in [-0.15, -0.1) is 0 Å². The molecule has 2 aromatic carbocycles. The third-order valence-corrected chi connectivity index (χ3v) is 3.56. The van der Waals surface area contributed by atoms with E-state index in [0.29, 0.717) is 6.54 Å². The van der Waals surface area contributed by atoms with Crippen molar-refractivity contribution in [3.63, 3.8) is 0 Å². The Morgan fingerprint density at radius 3 is 2.80 bits per heavy atom. The molecular weight excluding hydrogens is 318 g/mol. The van der Waals surface area contributed by atoms with Crippen LogP contribution in [0.1, 0.15) is 5.76 Å². The van der Waals surface area contributed by atoms with Gasteiger partial charge in [-0.2, -0.15) is 0 Å². The summed E-state index contributed by atoms with van der Waals surface area (Å²) in [7, 11) is 1.65. The Hall–Kier alpha value is -1.94. The van der Waals surface area contributed by atoms with Crippen LogP contribution in [0.15, 0.2) is 57.4 Å². The van der Waals surface area contributed by atoms with Gasteiger partial charge in [-0.1, -0.05) is 34.1 Å². The minimum absolute atomic E-state index is 0.633. The van der Waals surface area contributed by atoms with Crippen molar-refractivity contribution in [1.82, 2.24) is 0 Å². The van der Waals surface area contributed by atoms with E-state index in [1.54, 1.807) is 7.11 Å². The van der Waals surface area contributed by atoms with Crippen LogP contribution in [0, 0.1) is 0 Å². The lowest BCUT2D eigenvalue weighted by atomic mass is 10.2. The largest absolute Gasteiger partial charge is 0.493 e. The standard InChI is InChI=1S/C16H14BrNO2/c1-19-15-7-2-4-11-8-14(20-16(11)15)10-18-13-6-3-5-12(17)9-13/h2-9,18H,10H2,1H3. The lowest BCUT2D eigenvalue weighted by molar-refractivity contribution is 0.408. The summed E-state index contributed by atoms with van der Waals surface area (Å²) < 4.78 is 12.2. The van der Waals surface area contributed by atoms with Crippen molar-refractivity contribution in [2.45, 2.75) is 6.54 Å². The van der Waals surface area contributed by atoms with Gasteiger partial charge in [-0.25, -0.2) is 0 Å². The molecule has 3 aromatic rings. The summed E-state index contributed by atoms with van der Waals surface area (Å²) in [4.78, 5) is 0. The monoisotopic (exact) mass is 331 g/mol. The van der Waals surface area contributed by atoms with E-state index >= 15 is 0 Å². The SMILES string of the molecule is COc1cccc2cc(CNc3cccc(Br)c3)oc12. The quantitative estimate of drug-likeness (QED) is 0.744. The third kappa shape index (κ3) is 2.65. The summed E-state index contributed by atoms with van der Waals surface area (Å²) in [6, 6.07) is 16.0. The Morgan fingerprint density at radius 1 is 1.15 bits per heavy atom. The minimum Gasteiger partial charge on any atom is -0.493 e. The van der Waals surface area contributed by atoms with Crippen LogP contribution in [0.2, 0.25) is 0 Å². The number of methoxy groups -OCH3 is 1. The molecule has 0 aliphatic heterocycles. The van der Waals surface area contributed by atoms with Crippen LogP contribution in [0.25, 0.3) is 11.0 Å². The van der Waals surface area contributed by atoms with Gasteiger partial charge in [0.15, 0.2) is 11.3 Å². The molecule has 0 saturated heterocycles. The van der Waals surface area contributed by atoms with E-state index in [-0.39, 0.29) is 0 Å². The Morgan fingerprint density at radius 2 is 2.00 bits per heavy atom. The Kier molecular flexibility index (Phi) is 3.65. The second-order valence-corrected chi connectivity index (χ2v) is 5.37. The molecule has 0 fully saturated rings. The summed E-state index contributed by atoms with van der Waals surface area (Å²) in [5.74, 6) is 1.64. The maximum Gasteiger partial charge on any atom is 0.176 e. The lowest BCUT2D eigenvalue weighted by Crippen LogP contribution is -1.97. The molecule has 0 amide bonds. The van der Waals surface area contributed by atoms with Crippen molar-refractivity contribution in [1.29, 1.82) is 0 Å². The fourth-order valence-electron chi connectivity index (χ4n) is 2.13. The number of halogens is 1. The molecule has 0 spiro atoms. The Balaban J connectivity index is 1.81. The van der Waals surface area contributed by atoms with Crippen LogP contribution in [0.4, 0.5) is 5.69 Å². The highest BCUT2D eigenvalue weighted by molar-refractivity contribution is 9.10. The fraction of sp³-hybridized carbons (Fsp3) is 0.125. The van der Waals surface area contributed by atoms with E-state index in [1.165, 1.54) is 0 Å². The molecular formula is C16H14BrNO2. The van der Waals surface area contributed by atoms with Crippen molar-refractivity contribution in [3.05, 3.63) is 58.8 Å². The van der Waals surface area contributed by atoms with Gasteiger partial charge >= 0.3 is 0 Å². The molecule has 0 bridgehead atoms. The van der Waals surface area contributed by atoms with E-state index in [9.17, 15) is 0 Å². The highest BCUT2D eigenvalue weighted by Gasteiger charge is 2.08. The average Bonchev–Trinajstić information content (AvgIpc) is 2.88. The maximum absolute atomic E-state index is 5.84. The average molecular weight is 332 g/mol. The highest BCUT2D eigenvalue weighted by atomic mass is 79.9. The molecule has 1 N–H and O–H groups in total. The van der Waals surface area contributed by atoms with Crippen molar-refractivity contribution >= 4 is 32.6 Å². The number of rotatable bonds is 4. The first-order valence-electron chi connectivity index (χ1n) is 6.31. The molecule has 0 saturated carbocycles. The first-order chi connectivity index (χ1) is 9.76. The maximum atomic E-state index is 5.84. The zero-order valence-corrected chi connectivity index (χ0v) is 12.6. The van der Waals surface area contributed by atoms with Gasteiger partial charge in [0.1, 0.15) is 5.76 Å². The van der Waals surface area contributed by atoms with E-state index in [0.717, 1.165) is 32.6 Å². The number of nitrogens with one attached hydrogen (secondary N) is 1. The fourth-order valence-corrected chi connectivity index (χ4v) is 2.52. The second-order valence-electron chi connectivity index (χ2n) is 4.46. The number of para-hydroxylation sites is 1. The van der Waals surface area contributed by atoms with Gasteiger partial charge in [0, 0.05) is 15.5 Å². The molecule has 0 aliphatic carbocycles. The van der Waals surface area contributed by atoms with Crippen molar-refractivity contribution in [2.75, 3.05) is 12.4 Å². The van der Waals surface area contributed by atoms with Gasteiger partial charge in [-0.3, -0.25) is 0 Å². The number of ether oxygens (including phenoxy) is 1. The minimum atomic E-state index is 0.633. The molecule has 1 heterocycles. The van der Waals surface area contributed by atoms with Crippen LogP contribution in [0.3, 0.4) is 0 Å². The number of hydrogen-bond acceptors (Lipinski definition) is 3. The number of fused-ring (bicyclic) bond motifs is 1. The van der Waals surface area contributed by atoms with E-state index in [2.05, 4.69) is 21.2 Å². The normalized spacial score (nSPS) is 10.7. The van der Waals surface area contributed by atoms with Crippen LogP contribution < -0.4 is 10.1 Å². The van der Waals surface area contributed by atoms with Gasteiger partial charge in [-0.05, 0) is 30.3 Å². The summed E-state index contributed by atoms with van der Waals surface area (Å²) >= 11 is 3.46. The van der Waals surface area contributed by atoms with E-state index in [4.69, 9.17) is 9.15 Å². The first-order valence-corrected chi connectivity index (χ1v) is 7.10. The van der Waals surface area contributed by atoms with Gasteiger partial charge < -0.3 is 14.5 Å². The van der Waals surface area contributed by atoms with Gasteiger partial charge in [0.05, 0.1) is 13.7 Å². The van der Waals surface area contributed by atoms with Crippen LogP contribution in [-0.2, 0) is 6.54 Å². The summed E-state index contributed by atoms with van der Waals surface area (Å²) in [5.41, 5.74) is 1.84. The Labute approximate surface area is 125 Å². The zero-order valence-electron chi connectivity index (χ0n) is 11.0. The van der Waals surface area contributed by atoms with Crippen LogP contribution in [0.5, 0.6) is 5.75 Å². The van der Waals surface area contributed by atoms with Gasteiger partial charge in [0.2, 0.25) is 0 Å². The third-order valence-electron chi connectivity index (χ3n) is 3.07. The molecule has 102 valence electrons. The van der Waals surface area contributed by atoms with E-state index in [1.807, 2.05) is 48.5 Å². The molecule has 3 nitrogen and oxygen atoms in total. The summed E-state index contributed by atoms with van der Waals surface area (Å²) in [6.45, 7) is 0.633. The van der Waals surface area contributed by atoms with Crippen molar-refractivity contribution in [3.8, 4) is 5.75 Å². The van der Waals surface area contributed by atoms with E-state index < -0.39 is 0 Å². The lowest BCUT2D eigenvalue weighted by Gasteiger charge is -2.04. The molecule has 0 radical (unpaired) electrons. The summed E-state index contributed by atoms with van der Waals surface area (Å²) in [6.07, 6.45) is 0. The predicted molar refractivity (Wildman–Crippen MR) is 84.2 cm³/mol. The molecule has 0 aliphatic rings. The highest BCUT2D eigenvalue weighted by Crippen LogP contribution is 2.28. The summed E-state index contributed by atoms with van der Waals surface area (Å²) in [5, 5.41) is 4.39. The van der Waals surface area contributed by atoms with Crippen molar-refractivity contribution < 1.29 is 9.15 Å². The smallest absolute Gasteiger partial charge is 0.176 e. The molecule has 3 rings (SSSR count). The molecule has 1 aromatic heterocycles. The van der Waals surface area contributed by atoms with Crippen LogP contribution >= 0.6 is 15.9 Å². The number of furan rings is 1. The molecule has 0 atom stereocenters. The zero-order chi connectivity index (χ0) is 13.9. The Bertz CT molecular complexity index is 736. The number of hydrogen-bond donors (Lipinski definition) is 1. The van der Waals surface area contributed by atoms with Crippen molar-refractivity contribution in [2.24, 2.45) is 0 Å². The molecule has 0 unspecified atom stereocenters. The van der Waals surface area contributed by atoms with Gasteiger partial charge in [0.25, 0.3) is 0 Å². The number of anilines is 1. The van der Waals surface area contributed by atoms with Crippen LogP contribution in [-0.4, -0.2) is 7.11 Å². The predicted octanol–water partition coefficient (Wildman–Crippen LogP) is 4.82. The second kappa shape index (κ2) is 5.59. The topological polar surface area (TPSA) is 34.4 Å². The first kappa shape index (κ1) is 13.1. The molecule has 20 heavy (non-hydrogen) atoms.